The van der Waals surface area contributed by atoms with Crippen LogP contribution in [-0.2, 0) is 0 Å². The molecular formula is C29H35FO. The van der Waals surface area contributed by atoms with Crippen LogP contribution in [0.1, 0.15) is 76.2 Å². The lowest BCUT2D eigenvalue weighted by Gasteiger charge is -2.29. The van der Waals surface area contributed by atoms with Gasteiger partial charge in [-0.3, -0.25) is 0 Å². The first-order valence-corrected chi connectivity index (χ1v) is 12.1. The summed E-state index contributed by atoms with van der Waals surface area (Å²) in [5.74, 6) is 2.19. The van der Waals surface area contributed by atoms with Crippen LogP contribution < -0.4 is 4.74 Å². The normalized spacial score (nSPS) is 18.9. The van der Waals surface area contributed by atoms with Gasteiger partial charge in [-0.2, -0.15) is 0 Å². The molecule has 0 heterocycles. The molecule has 1 aliphatic rings. The molecule has 0 bridgehead atoms. The van der Waals surface area contributed by atoms with Gasteiger partial charge in [0.1, 0.15) is 11.6 Å². The Bertz CT molecular complexity index is 984. The second kappa shape index (κ2) is 10.3. The lowest BCUT2D eigenvalue weighted by molar-refractivity contribution is 0.302. The number of unbranched alkanes of at least 4 members (excludes halogenated alkanes) is 3. The van der Waals surface area contributed by atoms with Crippen LogP contribution in [0.2, 0.25) is 0 Å². The van der Waals surface area contributed by atoms with Crippen molar-refractivity contribution in [3.05, 3.63) is 66.0 Å². The molecule has 1 nitrogen and oxygen atoms in total. The van der Waals surface area contributed by atoms with Gasteiger partial charge in [0.15, 0.2) is 0 Å². The predicted molar refractivity (Wildman–Crippen MR) is 129 cm³/mol. The number of rotatable bonds is 8. The minimum absolute atomic E-state index is 0.134. The average molecular weight is 419 g/mol. The van der Waals surface area contributed by atoms with Gasteiger partial charge < -0.3 is 4.74 Å². The summed E-state index contributed by atoms with van der Waals surface area (Å²) >= 11 is 0. The second-order valence-electron chi connectivity index (χ2n) is 9.20. The molecule has 4 rings (SSSR count). The Labute approximate surface area is 186 Å². The van der Waals surface area contributed by atoms with E-state index in [0.29, 0.717) is 16.9 Å². The summed E-state index contributed by atoms with van der Waals surface area (Å²) in [7, 11) is 1.64. The number of halogens is 1. The van der Waals surface area contributed by atoms with Crippen molar-refractivity contribution in [2.45, 2.75) is 70.6 Å². The largest absolute Gasteiger partial charge is 0.497 e. The summed E-state index contributed by atoms with van der Waals surface area (Å²) < 4.78 is 20.5. The second-order valence-corrected chi connectivity index (χ2v) is 9.20. The SMILES string of the molecule is CCCCCCC1CCC(c2ccc3c(F)c(-c4ccc(OC)cc4)ccc3c2)CC1. The van der Waals surface area contributed by atoms with E-state index in [2.05, 4.69) is 25.1 Å². The highest BCUT2D eigenvalue weighted by atomic mass is 19.1. The molecule has 1 saturated carbocycles. The fourth-order valence-electron chi connectivity index (χ4n) is 5.20. The highest BCUT2D eigenvalue weighted by molar-refractivity contribution is 5.89. The van der Waals surface area contributed by atoms with Crippen molar-refractivity contribution in [2.24, 2.45) is 5.92 Å². The van der Waals surface area contributed by atoms with Gasteiger partial charge in [0.25, 0.3) is 0 Å². The van der Waals surface area contributed by atoms with Crippen LogP contribution in [0.3, 0.4) is 0 Å². The van der Waals surface area contributed by atoms with Gasteiger partial charge in [-0.1, -0.05) is 81.5 Å². The first kappa shape index (κ1) is 21.9. The Hall–Kier alpha value is -2.35. The number of hydrogen-bond donors (Lipinski definition) is 0. The maximum atomic E-state index is 15.3. The van der Waals surface area contributed by atoms with Crippen LogP contribution in [0.4, 0.5) is 4.39 Å². The standard InChI is InChI=1S/C29H35FO/c1-3-4-5-6-7-21-8-10-22(11-9-21)24-14-18-28-25(20-24)15-19-27(29(28)30)23-12-16-26(31-2)17-13-23/h12-22H,3-11H2,1-2H3. The number of methoxy groups -OCH3 is 1. The van der Waals surface area contributed by atoms with Gasteiger partial charge in [-0.05, 0) is 66.2 Å². The van der Waals surface area contributed by atoms with Gasteiger partial charge in [0.05, 0.1) is 7.11 Å². The molecule has 1 fully saturated rings. The van der Waals surface area contributed by atoms with E-state index in [1.165, 1.54) is 63.4 Å². The summed E-state index contributed by atoms with van der Waals surface area (Å²) in [5, 5.41) is 1.72. The summed E-state index contributed by atoms with van der Waals surface area (Å²) in [6.45, 7) is 2.28. The number of benzene rings is 3. The smallest absolute Gasteiger partial charge is 0.138 e. The van der Waals surface area contributed by atoms with Gasteiger partial charge in [-0.25, -0.2) is 4.39 Å². The van der Waals surface area contributed by atoms with Crippen molar-refractivity contribution < 1.29 is 9.13 Å². The number of hydrogen-bond acceptors (Lipinski definition) is 1. The van der Waals surface area contributed by atoms with Gasteiger partial charge >= 0.3 is 0 Å². The predicted octanol–water partition coefficient (Wildman–Crippen LogP) is 8.90. The quantitative estimate of drug-likeness (QED) is 0.332. The minimum atomic E-state index is -0.134. The van der Waals surface area contributed by atoms with E-state index in [0.717, 1.165) is 22.6 Å². The maximum Gasteiger partial charge on any atom is 0.138 e. The lowest BCUT2D eigenvalue weighted by atomic mass is 9.76. The van der Waals surface area contributed by atoms with Crippen LogP contribution in [-0.4, -0.2) is 7.11 Å². The van der Waals surface area contributed by atoms with Crippen molar-refractivity contribution in [3.63, 3.8) is 0 Å². The van der Waals surface area contributed by atoms with Gasteiger partial charge in [0, 0.05) is 10.9 Å². The highest BCUT2D eigenvalue weighted by Gasteiger charge is 2.22. The zero-order valence-electron chi connectivity index (χ0n) is 19.0. The molecular weight excluding hydrogens is 383 g/mol. The van der Waals surface area contributed by atoms with E-state index >= 15 is 4.39 Å². The molecule has 0 spiro atoms. The summed E-state index contributed by atoms with van der Waals surface area (Å²) in [6.07, 6.45) is 12.1. The monoisotopic (exact) mass is 418 g/mol. The molecule has 0 N–H and O–H groups in total. The van der Waals surface area contributed by atoms with Crippen molar-refractivity contribution in [2.75, 3.05) is 7.11 Å². The van der Waals surface area contributed by atoms with Crippen LogP contribution in [0.5, 0.6) is 5.75 Å². The van der Waals surface area contributed by atoms with E-state index in [1.54, 1.807) is 7.11 Å². The first-order chi connectivity index (χ1) is 15.2. The first-order valence-electron chi connectivity index (χ1n) is 12.1. The molecule has 0 radical (unpaired) electrons. The molecule has 0 saturated heterocycles. The fraction of sp³-hybridized carbons (Fsp3) is 0.448. The zero-order valence-corrected chi connectivity index (χ0v) is 19.0. The third-order valence-corrected chi connectivity index (χ3v) is 7.16. The molecule has 1 aliphatic carbocycles. The molecule has 0 amide bonds. The highest BCUT2D eigenvalue weighted by Crippen LogP contribution is 2.39. The van der Waals surface area contributed by atoms with Crippen LogP contribution in [0.15, 0.2) is 54.6 Å². The molecule has 31 heavy (non-hydrogen) atoms. The summed E-state index contributed by atoms with van der Waals surface area (Å²) in [4.78, 5) is 0. The van der Waals surface area contributed by atoms with E-state index in [-0.39, 0.29) is 5.82 Å². The Morgan fingerprint density at radius 1 is 0.871 bits per heavy atom. The fourth-order valence-corrected chi connectivity index (χ4v) is 5.20. The zero-order chi connectivity index (χ0) is 21.6. The Morgan fingerprint density at radius 3 is 2.35 bits per heavy atom. The van der Waals surface area contributed by atoms with E-state index in [1.807, 2.05) is 36.4 Å². The molecule has 164 valence electrons. The molecule has 0 unspecified atom stereocenters. The Morgan fingerprint density at radius 2 is 1.65 bits per heavy atom. The van der Waals surface area contributed by atoms with Gasteiger partial charge in [-0.15, -0.1) is 0 Å². The summed E-state index contributed by atoms with van der Waals surface area (Å²) in [5.41, 5.74) is 2.90. The lowest BCUT2D eigenvalue weighted by Crippen LogP contribution is -2.13. The van der Waals surface area contributed by atoms with Crippen molar-refractivity contribution in [1.82, 2.24) is 0 Å². The maximum absolute atomic E-state index is 15.3. The third kappa shape index (κ3) is 5.11. The molecule has 2 heteroatoms. The molecule has 3 aromatic rings. The van der Waals surface area contributed by atoms with Crippen molar-refractivity contribution in [3.8, 4) is 16.9 Å². The van der Waals surface area contributed by atoms with E-state index < -0.39 is 0 Å². The van der Waals surface area contributed by atoms with Crippen LogP contribution in [0, 0.1) is 11.7 Å². The minimum Gasteiger partial charge on any atom is -0.497 e. The summed E-state index contributed by atoms with van der Waals surface area (Å²) in [6, 6.07) is 17.9. The third-order valence-electron chi connectivity index (χ3n) is 7.16. The number of ether oxygens (including phenoxy) is 1. The molecule has 3 aromatic carbocycles. The van der Waals surface area contributed by atoms with E-state index in [4.69, 9.17) is 4.74 Å². The van der Waals surface area contributed by atoms with Crippen LogP contribution in [0.25, 0.3) is 21.9 Å². The Kier molecular flexibility index (Phi) is 7.27. The molecule has 0 aliphatic heterocycles. The number of fused-ring (bicyclic) bond motifs is 1. The van der Waals surface area contributed by atoms with Crippen LogP contribution >= 0.6 is 0 Å². The molecule has 0 atom stereocenters. The van der Waals surface area contributed by atoms with E-state index in [9.17, 15) is 0 Å². The van der Waals surface area contributed by atoms with Gasteiger partial charge in [0.2, 0.25) is 0 Å². The topological polar surface area (TPSA) is 9.23 Å². The van der Waals surface area contributed by atoms with Crippen molar-refractivity contribution in [1.29, 1.82) is 0 Å². The average Bonchev–Trinajstić information content (AvgIpc) is 2.82. The van der Waals surface area contributed by atoms with Crippen molar-refractivity contribution >= 4 is 10.8 Å². The Balaban J connectivity index is 1.45. The molecule has 0 aromatic heterocycles.